The molecule has 1 aliphatic rings. The third-order valence-corrected chi connectivity index (χ3v) is 4.40. The second kappa shape index (κ2) is 6.78. The summed E-state index contributed by atoms with van der Waals surface area (Å²) in [6.45, 7) is 0. The van der Waals surface area contributed by atoms with Crippen molar-refractivity contribution in [3.8, 4) is 11.5 Å². The van der Waals surface area contributed by atoms with Crippen LogP contribution in [0.5, 0.6) is 11.5 Å². The van der Waals surface area contributed by atoms with Gasteiger partial charge in [0.05, 0.1) is 17.3 Å². The third-order valence-electron chi connectivity index (χ3n) is 3.54. The number of carbonyl (C=O) groups is 2. The van der Waals surface area contributed by atoms with E-state index in [1.165, 1.54) is 13.2 Å². The molecule has 3 rings (SSSR count). The van der Waals surface area contributed by atoms with Gasteiger partial charge in [0.15, 0.2) is 11.5 Å². The fourth-order valence-corrected chi connectivity index (χ4v) is 2.94. The number of ether oxygens (including phenoxy) is 1. The predicted molar refractivity (Wildman–Crippen MR) is 97.8 cm³/mol. The van der Waals surface area contributed by atoms with E-state index in [0.717, 1.165) is 4.90 Å². The zero-order valence-corrected chi connectivity index (χ0v) is 15.3. The van der Waals surface area contributed by atoms with Crippen molar-refractivity contribution in [1.29, 1.82) is 0 Å². The topological polar surface area (TPSA) is 78.9 Å². The Bertz CT molecular complexity index is 896. The quantitative estimate of drug-likeness (QED) is 0.579. The minimum atomic E-state index is -0.552. The molecule has 1 fully saturated rings. The number of aromatic hydroxyl groups is 1. The van der Waals surface area contributed by atoms with Crippen LogP contribution in [0.3, 0.4) is 0 Å². The summed E-state index contributed by atoms with van der Waals surface area (Å²) in [6.07, 6.45) is 1.50. The fourth-order valence-electron chi connectivity index (χ4n) is 2.36. The second-order valence-corrected chi connectivity index (χ2v) is 6.45. The van der Waals surface area contributed by atoms with Crippen LogP contribution in [-0.2, 0) is 4.79 Å². The summed E-state index contributed by atoms with van der Waals surface area (Å²) in [5.74, 6) is -0.294. The molecule has 2 N–H and O–H groups in total. The predicted octanol–water partition coefficient (Wildman–Crippen LogP) is 3.91. The monoisotopic (exact) mass is 422 g/mol. The molecule has 1 saturated heterocycles. The van der Waals surface area contributed by atoms with Gasteiger partial charge < -0.3 is 15.2 Å². The molecule has 0 atom stereocenters. The molecule has 0 aromatic heterocycles. The molecule has 3 amide bonds. The van der Waals surface area contributed by atoms with Crippen LogP contribution in [0.15, 0.2) is 46.6 Å². The molecule has 0 spiro atoms. The number of phenolic OH excluding ortho intramolecular Hbond substituents is 1. The lowest BCUT2D eigenvalue weighted by Gasteiger charge is -2.11. The second-order valence-electron chi connectivity index (χ2n) is 5.16. The standard InChI is InChI=1S/C17H12BrClN2O4/c1-25-14-8-9(6-12(18)15(14)22)7-13-16(23)21(17(24)20-13)11-4-2-10(19)3-5-11/h2-8,22H,1H3,(H,20,24)/b13-7+. The Morgan fingerprint density at radius 1 is 1.24 bits per heavy atom. The Morgan fingerprint density at radius 3 is 2.56 bits per heavy atom. The van der Waals surface area contributed by atoms with Crippen LogP contribution in [-0.4, -0.2) is 24.2 Å². The van der Waals surface area contributed by atoms with Crippen molar-refractivity contribution in [2.24, 2.45) is 0 Å². The lowest BCUT2D eigenvalue weighted by molar-refractivity contribution is -0.113. The van der Waals surface area contributed by atoms with Crippen molar-refractivity contribution in [3.05, 3.63) is 57.2 Å². The van der Waals surface area contributed by atoms with Crippen LogP contribution in [0.2, 0.25) is 5.02 Å². The first-order valence-corrected chi connectivity index (χ1v) is 8.27. The normalized spacial score (nSPS) is 15.6. The maximum absolute atomic E-state index is 12.6. The summed E-state index contributed by atoms with van der Waals surface area (Å²) in [7, 11) is 1.42. The first-order chi connectivity index (χ1) is 11.9. The van der Waals surface area contributed by atoms with E-state index in [1.54, 1.807) is 36.4 Å². The largest absolute Gasteiger partial charge is 0.503 e. The Morgan fingerprint density at radius 2 is 1.92 bits per heavy atom. The first-order valence-electron chi connectivity index (χ1n) is 7.10. The Kier molecular flexibility index (Phi) is 4.69. The van der Waals surface area contributed by atoms with Gasteiger partial charge in [-0.15, -0.1) is 0 Å². The highest BCUT2D eigenvalue weighted by molar-refractivity contribution is 9.10. The molecule has 8 heteroatoms. The van der Waals surface area contributed by atoms with E-state index in [9.17, 15) is 14.7 Å². The summed E-state index contributed by atoms with van der Waals surface area (Å²) >= 11 is 9.05. The molecule has 0 saturated carbocycles. The van der Waals surface area contributed by atoms with Crippen LogP contribution < -0.4 is 15.0 Å². The average Bonchev–Trinajstić information content (AvgIpc) is 2.85. The molecule has 0 radical (unpaired) electrons. The number of nitrogens with one attached hydrogen (secondary N) is 1. The molecule has 0 aliphatic carbocycles. The molecule has 0 unspecified atom stereocenters. The summed E-state index contributed by atoms with van der Waals surface area (Å²) in [5.41, 5.74) is 1.10. The molecular formula is C17H12BrClN2O4. The molecule has 25 heavy (non-hydrogen) atoms. The third kappa shape index (κ3) is 3.33. The van der Waals surface area contributed by atoms with Crippen molar-refractivity contribution in [1.82, 2.24) is 5.32 Å². The van der Waals surface area contributed by atoms with E-state index in [0.29, 0.717) is 20.7 Å². The van der Waals surface area contributed by atoms with Gasteiger partial charge in [-0.1, -0.05) is 11.6 Å². The molecule has 128 valence electrons. The smallest absolute Gasteiger partial charge is 0.333 e. The van der Waals surface area contributed by atoms with Crippen molar-refractivity contribution in [2.75, 3.05) is 12.0 Å². The molecule has 0 bridgehead atoms. The summed E-state index contributed by atoms with van der Waals surface area (Å²) in [6, 6.07) is 8.98. The number of carbonyl (C=O) groups excluding carboxylic acids is 2. The van der Waals surface area contributed by atoms with Crippen molar-refractivity contribution in [3.63, 3.8) is 0 Å². The van der Waals surface area contributed by atoms with Gasteiger partial charge in [0.2, 0.25) is 0 Å². The van der Waals surface area contributed by atoms with Crippen molar-refractivity contribution >= 4 is 51.2 Å². The van der Waals surface area contributed by atoms with Gasteiger partial charge in [-0.3, -0.25) is 4.79 Å². The molecule has 2 aromatic carbocycles. The van der Waals surface area contributed by atoms with E-state index in [-0.39, 0.29) is 17.2 Å². The van der Waals surface area contributed by atoms with Crippen molar-refractivity contribution < 1.29 is 19.4 Å². The van der Waals surface area contributed by atoms with E-state index < -0.39 is 11.9 Å². The first kappa shape index (κ1) is 17.3. The molecule has 2 aromatic rings. The van der Waals surface area contributed by atoms with Crippen molar-refractivity contribution in [2.45, 2.75) is 0 Å². The minimum absolute atomic E-state index is 0.0470. The number of nitrogens with zero attached hydrogens (tertiary/aromatic N) is 1. The molecule has 6 nitrogen and oxygen atoms in total. The van der Waals surface area contributed by atoms with Gasteiger partial charge in [0, 0.05) is 5.02 Å². The number of imide groups is 1. The van der Waals surface area contributed by atoms with E-state index >= 15 is 0 Å². The summed E-state index contributed by atoms with van der Waals surface area (Å²) < 4.78 is 5.48. The minimum Gasteiger partial charge on any atom is -0.503 e. The summed E-state index contributed by atoms with van der Waals surface area (Å²) in [5, 5.41) is 12.9. The Hall–Kier alpha value is -2.51. The maximum atomic E-state index is 12.6. The van der Waals surface area contributed by atoms with Gasteiger partial charge in [-0.25, -0.2) is 9.69 Å². The number of rotatable bonds is 3. The van der Waals surface area contributed by atoms with Crippen LogP contribution in [0, 0.1) is 0 Å². The molecular weight excluding hydrogens is 412 g/mol. The zero-order chi connectivity index (χ0) is 18.1. The lowest BCUT2D eigenvalue weighted by atomic mass is 10.1. The number of methoxy groups -OCH3 is 1. The number of phenols is 1. The average molecular weight is 424 g/mol. The highest BCUT2D eigenvalue weighted by atomic mass is 79.9. The van der Waals surface area contributed by atoms with E-state index in [2.05, 4.69) is 21.2 Å². The number of hydrogen-bond donors (Lipinski definition) is 2. The van der Waals surface area contributed by atoms with Crippen LogP contribution in [0.25, 0.3) is 6.08 Å². The van der Waals surface area contributed by atoms with E-state index in [1.807, 2.05) is 0 Å². The number of benzene rings is 2. The lowest BCUT2D eigenvalue weighted by Crippen LogP contribution is -2.30. The number of anilines is 1. The zero-order valence-electron chi connectivity index (χ0n) is 12.9. The number of hydrogen-bond acceptors (Lipinski definition) is 4. The fraction of sp³-hybridized carbons (Fsp3) is 0.0588. The highest BCUT2D eigenvalue weighted by Gasteiger charge is 2.34. The van der Waals surface area contributed by atoms with Gasteiger partial charge in [0.1, 0.15) is 5.70 Å². The Labute approximate surface area is 156 Å². The van der Waals surface area contributed by atoms with Gasteiger partial charge in [-0.05, 0) is 64.0 Å². The number of urea groups is 1. The molecule has 1 heterocycles. The van der Waals surface area contributed by atoms with Gasteiger partial charge in [-0.2, -0.15) is 0 Å². The van der Waals surface area contributed by atoms with Crippen LogP contribution in [0.4, 0.5) is 10.5 Å². The van der Waals surface area contributed by atoms with E-state index in [4.69, 9.17) is 16.3 Å². The molecule has 1 aliphatic heterocycles. The Balaban J connectivity index is 1.95. The van der Waals surface area contributed by atoms with Crippen LogP contribution >= 0.6 is 27.5 Å². The number of halogens is 2. The SMILES string of the molecule is COc1cc(/C=C2/NC(=O)N(c3ccc(Cl)cc3)C2=O)cc(Br)c1O. The van der Waals surface area contributed by atoms with Gasteiger partial charge >= 0.3 is 6.03 Å². The maximum Gasteiger partial charge on any atom is 0.333 e. The highest BCUT2D eigenvalue weighted by Crippen LogP contribution is 2.36. The van der Waals surface area contributed by atoms with Gasteiger partial charge in [0.25, 0.3) is 5.91 Å². The summed E-state index contributed by atoms with van der Waals surface area (Å²) in [4.78, 5) is 25.7. The number of amides is 3. The van der Waals surface area contributed by atoms with Crippen LogP contribution in [0.1, 0.15) is 5.56 Å².